The van der Waals surface area contributed by atoms with Crippen LogP contribution in [-0.2, 0) is 14.8 Å². The van der Waals surface area contributed by atoms with Crippen molar-refractivity contribution in [2.45, 2.75) is 18.1 Å². The first-order valence-electron chi connectivity index (χ1n) is 9.00. The maximum Gasteiger partial charge on any atom is 0.271 e. The molecule has 31 heavy (non-hydrogen) atoms. The average molecular weight is 464 g/mol. The average Bonchev–Trinajstić information content (AvgIpc) is 3.34. The Morgan fingerprint density at radius 2 is 1.94 bits per heavy atom. The molecule has 164 valence electrons. The third-order valence-electron chi connectivity index (χ3n) is 4.11. The molecular formula is C20H21N3O6S2. The number of amides is 1. The topological polar surface area (TPSA) is 120 Å². The van der Waals surface area contributed by atoms with Gasteiger partial charge in [0, 0.05) is 17.9 Å². The molecule has 0 aliphatic carbocycles. The van der Waals surface area contributed by atoms with Gasteiger partial charge >= 0.3 is 0 Å². The van der Waals surface area contributed by atoms with Crippen LogP contribution in [0.5, 0.6) is 11.5 Å². The molecular weight excluding hydrogens is 442 g/mol. The van der Waals surface area contributed by atoms with Gasteiger partial charge < -0.3 is 19.3 Å². The number of methoxy groups -OCH3 is 2. The van der Waals surface area contributed by atoms with Crippen molar-refractivity contribution in [1.29, 1.82) is 0 Å². The number of nitrogens with zero attached hydrogens (tertiary/aromatic N) is 1. The van der Waals surface area contributed by atoms with Crippen LogP contribution in [0.3, 0.4) is 0 Å². The summed E-state index contributed by atoms with van der Waals surface area (Å²) >= 11 is 1.07. The molecule has 2 heterocycles. The number of ether oxygens (including phenoxy) is 2. The van der Waals surface area contributed by atoms with E-state index >= 15 is 0 Å². The van der Waals surface area contributed by atoms with E-state index in [4.69, 9.17) is 14.0 Å². The number of benzene rings is 1. The number of rotatable bonds is 8. The number of hydrogen-bond acceptors (Lipinski definition) is 8. The van der Waals surface area contributed by atoms with Crippen molar-refractivity contribution in [3.8, 4) is 11.5 Å². The van der Waals surface area contributed by atoms with Crippen LogP contribution in [0.2, 0.25) is 0 Å². The Bertz CT molecular complexity index is 1230. The molecule has 1 aromatic carbocycles. The lowest BCUT2D eigenvalue weighted by molar-refractivity contribution is -0.114. The molecule has 0 aliphatic heterocycles. The summed E-state index contributed by atoms with van der Waals surface area (Å²) in [6.45, 7) is 3.10. The van der Waals surface area contributed by atoms with Crippen LogP contribution in [0.15, 0.2) is 39.1 Å². The number of anilines is 2. The van der Waals surface area contributed by atoms with E-state index in [-0.39, 0.29) is 10.1 Å². The van der Waals surface area contributed by atoms with Crippen molar-refractivity contribution in [3.05, 3.63) is 46.7 Å². The summed E-state index contributed by atoms with van der Waals surface area (Å²) in [6.07, 6.45) is 3.30. The third kappa shape index (κ3) is 5.25. The monoisotopic (exact) mass is 463 g/mol. The molecule has 0 radical (unpaired) electrons. The molecule has 0 saturated carbocycles. The molecule has 0 unspecified atom stereocenters. The van der Waals surface area contributed by atoms with Crippen molar-refractivity contribution in [2.24, 2.45) is 0 Å². The summed E-state index contributed by atoms with van der Waals surface area (Å²) in [5.74, 6) is 1.01. The predicted molar refractivity (Wildman–Crippen MR) is 119 cm³/mol. The molecule has 3 aromatic rings. The fourth-order valence-corrected chi connectivity index (χ4v) is 4.93. The smallest absolute Gasteiger partial charge is 0.271 e. The molecule has 2 N–H and O–H groups in total. The van der Waals surface area contributed by atoms with Crippen LogP contribution >= 0.6 is 11.3 Å². The minimum atomic E-state index is -3.83. The second-order valence-corrected chi connectivity index (χ2v) is 9.37. The number of aryl methyl sites for hydroxylation is 1. The maximum absolute atomic E-state index is 12.8. The molecule has 0 spiro atoms. The van der Waals surface area contributed by atoms with Crippen molar-refractivity contribution in [1.82, 2.24) is 5.16 Å². The first-order valence-corrected chi connectivity index (χ1v) is 11.3. The SMILES string of the molecule is COc1ccc(NS(=O)(=O)c2ccc(C=Cc3onc(C)c3NC(C)=O)s2)c(OC)c1. The largest absolute Gasteiger partial charge is 0.497 e. The zero-order valence-corrected chi connectivity index (χ0v) is 18.9. The normalized spacial score (nSPS) is 11.5. The highest BCUT2D eigenvalue weighted by Gasteiger charge is 2.19. The number of thiophene rings is 1. The molecule has 0 aliphatic rings. The highest BCUT2D eigenvalue weighted by molar-refractivity contribution is 7.94. The molecule has 11 heteroatoms. The van der Waals surface area contributed by atoms with E-state index in [1.54, 1.807) is 43.3 Å². The highest BCUT2D eigenvalue weighted by atomic mass is 32.2. The Hall–Kier alpha value is -3.31. The molecule has 0 atom stereocenters. The van der Waals surface area contributed by atoms with Gasteiger partial charge in [0.05, 0.1) is 19.9 Å². The zero-order valence-electron chi connectivity index (χ0n) is 17.3. The molecule has 0 saturated heterocycles. The van der Waals surface area contributed by atoms with Crippen molar-refractivity contribution in [2.75, 3.05) is 24.3 Å². The highest BCUT2D eigenvalue weighted by Crippen LogP contribution is 2.32. The Morgan fingerprint density at radius 3 is 2.61 bits per heavy atom. The standard InChI is InChI=1S/C20H21N3O6S2/c1-12-20(21-13(2)24)17(29-22-12)9-6-15-7-10-19(30-15)31(25,26)23-16-8-5-14(27-3)11-18(16)28-4/h5-11,23H,1-4H3,(H,21,24). The Balaban J connectivity index is 1.80. The second kappa shape index (κ2) is 9.23. The van der Waals surface area contributed by atoms with E-state index in [0.717, 1.165) is 11.3 Å². The van der Waals surface area contributed by atoms with Gasteiger partial charge in [-0.1, -0.05) is 5.16 Å². The molecule has 0 fully saturated rings. The second-order valence-electron chi connectivity index (χ2n) is 6.35. The van der Waals surface area contributed by atoms with Crippen molar-refractivity contribution in [3.63, 3.8) is 0 Å². The first kappa shape index (κ1) is 22.4. The molecule has 2 aromatic heterocycles. The number of hydrogen-bond donors (Lipinski definition) is 2. The van der Waals surface area contributed by atoms with E-state index in [2.05, 4.69) is 15.2 Å². The summed E-state index contributed by atoms with van der Waals surface area (Å²) in [5, 5.41) is 6.50. The van der Waals surface area contributed by atoms with E-state index in [1.165, 1.54) is 27.2 Å². The zero-order chi connectivity index (χ0) is 22.6. The molecule has 9 nitrogen and oxygen atoms in total. The summed E-state index contributed by atoms with van der Waals surface area (Å²) in [5.41, 5.74) is 1.31. The summed E-state index contributed by atoms with van der Waals surface area (Å²) < 4.78 is 43.8. The lowest BCUT2D eigenvalue weighted by Gasteiger charge is -2.12. The number of sulfonamides is 1. The van der Waals surface area contributed by atoms with Crippen molar-refractivity contribution >= 4 is 50.8 Å². The predicted octanol–water partition coefficient (Wildman–Crippen LogP) is 3.99. The first-order chi connectivity index (χ1) is 14.7. The van der Waals surface area contributed by atoms with Crippen LogP contribution in [0.1, 0.15) is 23.3 Å². The van der Waals surface area contributed by atoms with Crippen LogP contribution in [-0.4, -0.2) is 33.7 Å². The summed E-state index contributed by atoms with van der Waals surface area (Å²) in [4.78, 5) is 12.0. The van der Waals surface area contributed by atoms with E-state index in [0.29, 0.717) is 39.2 Å². The van der Waals surface area contributed by atoms with Crippen molar-refractivity contribution < 1.29 is 27.2 Å². The van der Waals surface area contributed by atoms with Crippen LogP contribution in [0.25, 0.3) is 12.2 Å². The van der Waals surface area contributed by atoms with Gasteiger partial charge in [0.2, 0.25) is 5.91 Å². The fraction of sp³-hybridized carbons (Fsp3) is 0.200. The van der Waals surface area contributed by atoms with Crippen LogP contribution in [0, 0.1) is 6.92 Å². The van der Waals surface area contributed by atoms with Crippen LogP contribution in [0.4, 0.5) is 11.4 Å². The van der Waals surface area contributed by atoms with Crippen LogP contribution < -0.4 is 19.5 Å². The molecule has 3 rings (SSSR count). The van der Waals surface area contributed by atoms with Gasteiger partial charge in [0.15, 0.2) is 5.76 Å². The Morgan fingerprint density at radius 1 is 1.16 bits per heavy atom. The fourth-order valence-electron chi connectivity index (χ4n) is 2.63. The number of carbonyl (C=O) groups excluding carboxylic acids is 1. The summed E-state index contributed by atoms with van der Waals surface area (Å²) in [6, 6.07) is 7.96. The van der Waals surface area contributed by atoms with Gasteiger partial charge in [0.25, 0.3) is 10.0 Å². The Labute approximate surface area is 183 Å². The van der Waals surface area contributed by atoms with Gasteiger partial charge in [0.1, 0.15) is 27.1 Å². The number of carbonyl (C=O) groups is 1. The van der Waals surface area contributed by atoms with E-state index in [1.807, 2.05) is 0 Å². The molecule has 1 amide bonds. The summed E-state index contributed by atoms with van der Waals surface area (Å²) in [7, 11) is -0.869. The lowest BCUT2D eigenvalue weighted by atomic mass is 10.2. The third-order valence-corrected chi connectivity index (χ3v) is 7.02. The van der Waals surface area contributed by atoms with Gasteiger partial charge in [-0.05, 0) is 43.3 Å². The van der Waals surface area contributed by atoms with E-state index < -0.39 is 10.0 Å². The minimum absolute atomic E-state index is 0.126. The molecule has 0 bridgehead atoms. The van der Waals surface area contributed by atoms with Gasteiger partial charge in [-0.3, -0.25) is 9.52 Å². The Kier molecular flexibility index (Phi) is 6.66. The number of nitrogens with one attached hydrogen (secondary N) is 2. The maximum atomic E-state index is 12.8. The minimum Gasteiger partial charge on any atom is -0.497 e. The lowest BCUT2D eigenvalue weighted by Crippen LogP contribution is -2.12. The van der Waals surface area contributed by atoms with E-state index in [9.17, 15) is 13.2 Å². The number of aromatic nitrogens is 1. The van der Waals surface area contributed by atoms with Gasteiger partial charge in [-0.15, -0.1) is 11.3 Å². The van der Waals surface area contributed by atoms with Gasteiger partial charge in [-0.2, -0.15) is 0 Å². The quantitative estimate of drug-likeness (QED) is 0.518. The van der Waals surface area contributed by atoms with Gasteiger partial charge in [-0.25, -0.2) is 8.42 Å².